The van der Waals surface area contributed by atoms with Crippen LogP contribution in [0.3, 0.4) is 0 Å². The molecule has 17 heteroatoms. The van der Waals surface area contributed by atoms with Crippen LogP contribution in [0.15, 0.2) is 54.7 Å². The second-order valence-electron chi connectivity index (χ2n) is 18.0. The lowest BCUT2D eigenvalue weighted by atomic mass is 9.84. The molecule has 7 N–H and O–H groups in total. The van der Waals surface area contributed by atoms with Crippen LogP contribution in [-0.4, -0.2) is 105 Å². The number of halogens is 3. The molecule has 62 heavy (non-hydrogen) atoms. The number of rotatable bonds is 5. The van der Waals surface area contributed by atoms with Crippen molar-refractivity contribution in [2.24, 2.45) is 11.7 Å². The molecular weight excluding hydrogens is 806 g/mol. The molecule has 5 fully saturated rings. The normalized spacial score (nSPS) is 29.3. The van der Waals surface area contributed by atoms with Gasteiger partial charge >= 0.3 is 6.18 Å². The highest BCUT2D eigenvalue weighted by atomic mass is 19.4. The number of aromatic amines is 1. The molecule has 0 radical (unpaired) electrons. The van der Waals surface area contributed by atoms with Crippen molar-refractivity contribution in [2.45, 2.75) is 144 Å². The minimum atomic E-state index is -4.60. The quantitative estimate of drug-likeness (QED) is 0.226. The van der Waals surface area contributed by atoms with Gasteiger partial charge in [-0.1, -0.05) is 56.0 Å². The predicted molar refractivity (Wildman–Crippen MR) is 222 cm³/mol. The molecule has 1 spiro atoms. The van der Waals surface area contributed by atoms with Gasteiger partial charge in [0.15, 0.2) is 0 Å². The third-order valence-electron chi connectivity index (χ3n) is 13.9. The van der Waals surface area contributed by atoms with Crippen LogP contribution < -0.4 is 27.0 Å². The summed E-state index contributed by atoms with van der Waals surface area (Å²) in [4.78, 5) is 94.3. The topological polar surface area (TPSA) is 199 Å². The smallest absolute Gasteiger partial charge is 0.361 e. The van der Waals surface area contributed by atoms with Crippen molar-refractivity contribution in [3.8, 4) is 0 Å². The maximum atomic E-state index is 14.9. The summed E-state index contributed by atoms with van der Waals surface area (Å²) in [6, 6.07) is 4.75. The van der Waals surface area contributed by atoms with E-state index in [-0.39, 0.29) is 50.1 Å². The molecule has 3 saturated heterocycles. The SMILES string of the molecule is CC(N)[C@@H]1NC(=O)[C@H](Cc2ccc(C(F)(F)F)cc2)NC(=O)C2(CCCC2)NC(=O)[C@H](Cc2c[nH]c3ccccc23)NC(=O)[C@@H]2C[C@@H]3CCCC[C@@H]3N2C(=O)[C@H]2CCCN2C1=O. The summed E-state index contributed by atoms with van der Waals surface area (Å²) < 4.78 is 40.5. The fourth-order valence-corrected chi connectivity index (χ4v) is 10.6. The van der Waals surface area contributed by atoms with Crippen molar-refractivity contribution in [1.29, 1.82) is 0 Å². The minimum Gasteiger partial charge on any atom is -0.361 e. The lowest BCUT2D eigenvalue weighted by molar-refractivity contribution is -0.150. The van der Waals surface area contributed by atoms with E-state index in [1.54, 1.807) is 11.1 Å². The van der Waals surface area contributed by atoms with E-state index in [4.69, 9.17) is 5.73 Å². The number of aromatic nitrogens is 1. The number of carbonyl (C=O) groups is 6. The maximum absolute atomic E-state index is 14.9. The Kier molecular flexibility index (Phi) is 12.1. The largest absolute Gasteiger partial charge is 0.416 e. The summed E-state index contributed by atoms with van der Waals surface area (Å²) in [5.41, 5.74) is 5.84. The van der Waals surface area contributed by atoms with Gasteiger partial charge in [-0.3, -0.25) is 28.8 Å². The van der Waals surface area contributed by atoms with Crippen LogP contribution in [0, 0.1) is 5.92 Å². The number of amides is 6. The van der Waals surface area contributed by atoms with Crippen LogP contribution in [0.2, 0.25) is 0 Å². The van der Waals surface area contributed by atoms with Gasteiger partial charge in [0.05, 0.1) is 5.56 Å². The molecule has 3 aliphatic heterocycles. The monoisotopic (exact) mass is 860 g/mol. The molecule has 2 saturated carbocycles. The Bertz CT molecular complexity index is 2200. The molecule has 8 rings (SSSR count). The number of para-hydroxylation sites is 1. The van der Waals surface area contributed by atoms with E-state index in [2.05, 4.69) is 26.3 Å². The van der Waals surface area contributed by atoms with Gasteiger partial charge in [-0.2, -0.15) is 13.2 Å². The molecule has 1 unspecified atom stereocenters. The van der Waals surface area contributed by atoms with E-state index in [0.717, 1.165) is 47.9 Å². The molecule has 14 nitrogen and oxygen atoms in total. The first-order chi connectivity index (χ1) is 29.6. The lowest BCUT2D eigenvalue weighted by Crippen LogP contribution is -2.66. The van der Waals surface area contributed by atoms with Crippen molar-refractivity contribution in [2.75, 3.05) is 6.54 Å². The summed E-state index contributed by atoms with van der Waals surface area (Å²) in [5, 5.41) is 12.4. The number of hydrogen-bond acceptors (Lipinski definition) is 7. The summed E-state index contributed by atoms with van der Waals surface area (Å²) in [5.74, 6) is -3.53. The average molecular weight is 861 g/mol. The summed E-state index contributed by atoms with van der Waals surface area (Å²) >= 11 is 0. The molecular formula is C45H55F3N8O6. The molecule has 2 aliphatic carbocycles. The highest BCUT2D eigenvalue weighted by molar-refractivity contribution is 6.00. The van der Waals surface area contributed by atoms with Gasteiger partial charge in [-0.15, -0.1) is 0 Å². The highest BCUT2D eigenvalue weighted by Crippen LogP contribution is 2.41. The number of nitrogens with two attached hydrogens (primary N) is 1. The van der Waals surface area contributed by atoms with E-state index in [1.165, 1.54) is 24.0 Å². The second kappa shape index (κ2) is 17.4. The Balaban J connectivity index is 1.19. The van der Waals surface area contributed by atoms with E-state index in [9.17, 15) is 41.9 Å². The molecule has 4 heterocycles. The Morgan fingerprint density at radius 1 is 0.774 bits per heavy atom. The van der Waals surface area contributed by atoms with Crippen LogP contribution in [-0.2, 0) is 47.8 Å². The number of carbonyl (C=O) groups excluding carboxylic acids is 6. The first-order valence-corrected chi connectivity index (χ1v) is 22.0. The number of H-pyrrole nitrogens is 1. The number of fused-ring (bicyclic) bond motifs is 5. The van der Waals surface area contributed by atoms with Gasteiger partial charge in [0.2, 0.25) is 35.4 Å². The van der Waals surface area contributed by atoms with Crippen LogP contribution in [0.1, 0.15) is 94.2 Å². The summed E-state index contributed by atoms with van der Waals surface area (Å²) in [6.07, 6.45) is 3.05. The third-order valence-corrected chi connectivity index (χ3v) is 13.9. The Labute approximate surface area is 357 Å². The predicted octanol–water partition coefficient (Wildman–Crippen LogP) is 3.37. The molecule has 2 aromatic carbocycles. The second-order valence-corrected chi connectivity index (χ2v) is 18.0. The molecule has 3 aromatic rings. The summed E-state index contributed by atoms with van der Waals surface area (Å²) in [7, 11) is 0. The number of nitrogens with one attached hydrogen (secondary N) is 5. The van der Waals surface area contributed by atoms with Crippen molar-refractivity contribution in [1.82, 2.24) is 36.1 Å². The Morgan fingerprint density at radius 2 is 1.48 bits per heavy atom. The molecule has 8 atom stereocenters. The molecule has 0 bridgehead atoms. The zero-order valence-electron chi connectivity index (χ0n) is 34.8. The third kappa shape index (κ3) is 8.51. The van der Waals surface area contributed by atoms with E-state index >= 15 is 0 Å². The first-order valence-electron chi connectivity index (χ1n) is 22.0. The Morgan fingerprint density at radius 3 is 2.21 bits per heavy atom. The zero-order chi connectivity index (χ0) is 43.9. The highest BCUT2D eigenvalue weighted by Gasteiger charge is 2.52. The van der Waals surface area contributed by atoms with E-state index in [1.807, 2.05) is 24.3 Å². The molecule has 332 valence electrons. The molecule has 5 aliphatic rings. The maximum Gasteiger partial charge on any atom is 0.416 e. The van der Waals surface area contributed by atoms with E-state index < -0.39 is 83.1 Å². The van der Waals surface area contributed by atoms with Crippen molar-refractivity contribution < 1.29 is 41.9 Å². The number of nitrogens with zero attached hydrogens (tertiary/aromatic N) is 2. The Hall–Kier alpha value is -5.45. The molecule has 6 amide bonds. The van der Waals surface area contributed by atoms with Gasteiger partial charge in [-0.05, 0) is 87.1 Å². The van der Waals surface area contributed by atoms with Gasteiger partial charge in [0.25, 0.3) is 0 Å². The van der Waals surface area contributed by atoms with Crippen LogP contribution >= 0.6 is 0 Å². The minimum absolute atomic E-state index is 0.0483. The zero-order valence-corrected chi connectivity index (χ0v) is 34.8. The van der Waals surface area contributed by atoms with Gasteiger partial charge in [-0.25, -0.2) is 0 Å². The fourth-order valence-electron chi connectivity index (χ4n) is 10.6. The van der Waals surface area contributed by atoms with Crippen LogP contribution in [0.4, 0.5) is 13.2 Å². The average Bonchev–Trinajstić information content (AvgIpc) is 4.08. The fraction of sp³-hybridized carbons (Fsp3) is 0.556. The van der Waals surface area contributed by atoms with Crippen LogP contribution in [0.25, 0.3) is 10.9 Å². The standard InChI is InChI=1S/C45H55F3N8O6/c1-25(49)37-42(61)55-20-8-13-35(55)41(60)56-34-12-5-2-9-27(34)23-36(56)40(59)51-33(22-28-24-50-31-11-4-3-10-30(28)31)39(58)54-44(18-6-7-19-44)43(62)52-32(38(57)53-37)21-26-14-16-29(17-15-26)45(46,47)48/h3-4,10-11,14-17,24-25,27,32-37,50H,2,5-9,12-13,18-23,49H2,1H3,(H,51,59)(H,52,62)(H,53,57)(H,54,58)/t25?,27-,32-,33-,34-,35+,36-,37-/m0/s1. The first kappa shape index (κ1) is 43.2. The van der Waals surface area contributed by atoms with Crippen molar-refractivity contribution >= 4 is 46.3 Å². The number of benzene rings is 2. The number of hydrogen-bond donors (Lipinski definition) is 6. The van der Waals surface area contributed by atoms with Gasteiger partial charge in [0, 0.05) is 48.6 Å². The van der Waals surface area contributed by atoms with Crippen molar-refractivity contribution in [3.63, 3.8) is 0 Å². The van der Waals surface area contributed by atoms with Gasteiger partial charge in [0.1, 0.15) is 35.7 Å². The van der Waals surface area contributed by atoms with Crippen LogP contribution in [0.5, 0.6) is 0 Å². The van der Waals surface area contributed by atoms with E-state index in [0.29, 0.717) is 44.1 Å². The molecule has 1 aromatic heterocycles. The lowest BCUT2D eigenvalue weighted by Gasteiger charge is -2.38. The number of alkyl halides is 3. The van der Waals surface area contributed by atoms with Gasteiger partial charge < -0.3 is 41.8 Å². The summed E-state index contributed by atoms with van der Waals surface area (Å²) in [6.45, 7) is 1.74. The van der Waals surface area contributed by atoms with Crippen molar-refractivity contribution in [3.05, 3.63) is 71.4 Å².